The highest BCUT2D eigenvalue weighted by atomic mass is 16.7. The zero-order valence-corrected chi connectivity index (χ0v) is 21.8. The molecule has 0 aromatic heterocycles. The first-order chi connectivity index (χ1) is 19.6. The SMILES string of the molecule is OCC1OC(OCC2OC(OCc3ccccc3)C(O)C(OC3OC(CO)C(O)C(O)C3O)C2O)C(O)C(O)C1O. The minimum atomic E-state index is -1.83. The van der Waals surface area contributed by atoms with Crippen LogP contribution in [-0.4, -0.2) is 163 Å². The Kier molecular flexibility index (Phi) is 11.4. The van der Waals surface area contributed by atoms with Gasteiger partial charge in [0.05, 0.1) is 26.4 Å². The van der Waals surface area contributed by atoms with E-state index in [2.05, 4.69) is 0 Å². The third-order valence-electron chi connectivity index (χ3n) is 7.31. The number of rotatable bonds is 10. The molecule has 0 amide bonds. The predicted molar refractivity (Wildman–Crippen MR) is 130 cm³/mol. The van der Waals surface area contributed by atoms with Crippen LogP contribution in [0.5, 0.6) is 0 Å². The Balaban J connectivity index is 1.49. The van der Waals surface area contributed by atoms with E-state index in [-0.39, 0.29) is 6.61 Å². The van der Waals surface area contributed by atoms with Crippen LogP contribution in [0.15, 0.2) is 30.3 Å². The van der Waals surface area contributed by atoms with E-state index in [4.69, 9.17) is 28.4 Å². The fourth-order valence-corrected chi connectivity index (χ4v) is 4.82. The molecule has 0 radical (unpaired) electrons. The summed E-state index contributed by atoms with van der Waals surface area (Å²) >= 11 is 0. The minimum absolute atomic E-state index is 0.0360. The maximum atomic E-state index is 11.1. The molecule has 16 heteroatoms. The fourth-order valence-electron chi connectivity index (χ4n) is 4.82. The van der Waals surface area contributed by atoms with Crippen molar-refractivity contribution >= 4 is 0 Å². The van der Waals surface area contributed by atoms with Gasteiger partial charge in [0.2, 0.25) is 0 Å². The third-order valence-corrected chi connectivity index (χ3v) is 7.31. The van der Waals surface area contributed by atoms with Gasteiger partial charge in [0.15, 0.2) is 18.9 Å². The fraction of sp³-hybridized carbons (Fsp3) is 0.760. The molecule has 15 atom stereocenters. The standard InChI is InChI=1S/C25H38O16/c26-6-11-14(28)17(31)19(33)23(38-11)37-9-13-16(30)22(41-25-20(34)18(32)15(29)12(7-27)39-25)21(35)24(40-13)36-8-10-4-2-1-3-5-10/h1-5,11-35H,6-9H2. The van der Waals surface area contributed by atoms with E-state index in [1.165, 1.54) is 0 Å². The highest BCUT2D eigenvalue weighted by molar-refractivity contribution is 5.13. The van der Waals surface area contributed by atoms with Gasteiger partial charge in [-0.1, -0.05) is 30.3 Å². The third kappa shape index (κ3) is 7.22. The smallest absolute Gasteiger partial charge is 0.187 e. The van der Waals surface area contributed by atoms with Crippen molar-refractivity contribution in [1.29, 1.82) is 0 Å². The second kappa shape index (κ2) is 14.4. The molecule has 3 aliphatic rings. The molecule has 0 saturated carbocycles. The Morgan fingerprint density at radius 2 is 1.05 bits per heavy atom. The summed E-state index contributed by atoms with van der Waals surface area (Å²) in [5.74, 6) is 0. The Bertz CT molecular complexity index is 922. The predicted octanol–water partition coefficient (Wildman–Crippen LogP) is -5.35. The molecule has 3 heterocycles. The largest absolute Gasteiger partial charge is 0.394 e. The molecule has 15 unspecified atom stereocenters. The van der Waals surface area contributed by atoms with Gasteiger partial charge >= 0.3 is 0 Å². The van der Waals surface area contributed by atoms with Crippen molar-refractivity contribution in [3.05, 3.63) is 35.9 Å². The normalized spacial score (nSPS) is 45.5. The van der Waals surface area contributed by atoms with E-state index in [0.717, 1.165) is 5.56 Å². The van der Waals surface area contributed by atoms with Crippen molar-refractivity contribution in [2.75, 3.05) is 19.8 Å². The molecule has 41 heavy (non-hydrogen) atoms. The van der Waals surface area contributed by atoms with E-state index in [1.807, 2.05) is 0 Å². The van der Waals surface area contributed by atoms with Crippen LogP contribution in [-0.2, 0) is 35.0 Å². The highest BCUT2D eigenvalue weighted by Gasteiger charge is 2.52. The lowest BCUT2D eigenvalue weighted by Gasteiger charge is -2.46. The summed E-state index contributed by atoms with van der Waals surface area (Å²) in [6, 6.07) is 8.84. The summed E-state index contributed by atoms with van der Waals surface area (Å²) in [5.41, 5.74) is 0.718. The van der Waals surface area contributed by atoms with Gasteiger partial charge in [0.1, 0.15) is 73.2 Å². The van der Waals surface area contributed by atoms with E-state index >= 15 is 0 Å². The molecular formula is C25H38O16. The average Bonchev–Trinajstić information content (AvgIpc) is 2.98. The minimum Gasteiger partial charge on any atom is -0.394 e. The van der Waals surface area contributed by atoms with Gasteiger partial charge in [0, 0.05) is 0 Å². The molecule has 16 nitrogen and oxygen atoms in total. The molecule has 0 spiro atoms. The van der Waals surface area contributed by atoms with Gasteiger partial charge in [-0.2, -0.15) is 0 Å². The van der Waals surface area contributed by atoms with Crippen molar-refractivity contribution in [3.8, 4) is 0 Å². The summed E-state index contributed by atoms with van der Waals surface area (Å²) in [5, 5.41) is 102. The molecule has 1 aromatic rings. The van der Waals surface area contributed by atoms with Crippen molar-refractivity contribution < 1.29 is 79.5 Å². The van der Waals surface area contributed by atoms with Crippen LogP contribution in [0.3, 0.4) is 0 Å². The van der Waals surface area contributed by atoms with Crippen molar-refractivity contribution in [3.63, 3.8) is 0 Å². The van der Waals surface area contributed by atoms with E-state index in [9.17, 15) is 51.1 Å². The van der Waals surface area contributed by atoms with Crippen LogP contribution in [0.1, 0.15) is 5.56 Å². The van der Waals surface area contributed by atoms with Crippen molar-refractivity contribution in [2.45, 2.75) is 98.7 Å². The quantitative estimate of drug-likeness (QED) is 0.121. The molecule has 0 aliphatic carbocycles. The molecule has 234 valence electrons. The monoisotopic (exact) mass is 594 g/mol. The van der Waals surface area contributed by atoms with Crippen LogP contribution >= 0.6 is 0 Å². The summed E-state index contributed by atoms with van der Waals surface area (Å²) in [7, 11) is 0. The van der Waals surface area contributed by atoms with Crippen molar-refractivity contribution in [2.24, 2.45) is 0 Å². The number of aliphatic hydroxyl groups is 10. The Labute approximate surface area is 234 Å². The zero-order valence-electron chi connectivity index (χ0n) is 21.8. The van der Waals surface area contributed by atoms with Gasteiger partial charge in [-0.05, 0) is 5.56 Å². The lowest BCUT2D eigenvalue weighted by molar-refractivity contribution is -0.367. The van der Waals surface area contributed by atoms with E-state index < -0.39 is 112 Å². The molecule has 3 aliphatic heterocycles. The number of hydrogen-bond acceptors (Lipinski definition) is 16. The second-order valence-corrected chi connectivity index (χ2v) is 10.1. The summed E-state index contributed by atoms with van der Waals surface area (Å²) in [6.07, 6.45) is -24.0. The lowest BCUT2D eigenvalue weighted by atomic mass is 9.96. The molecular weight excluding hydrogens is 556 g/mol. The summed E-state index contributed by atoms with van der Waals surface area (Å²) in [4.78, 5) is 0. The lowest BCUT2D eigenvalue weighted by Crippen LogP contribution is -2.65. The van der Waals surface area contributed by atoms with Gasteiger partial charge in [0.25, 0.3) is 0 Å². The number of hydrogen-bond donors (Lipinski definition) is 10. The van der Waals surface area contributed by atoms with Crippen LogP contribution in [0.4, 0.5) is 0 Å². The van der Waals surface area contributed by atoms with Gasteiger partial charge < -0.3 is 79.5 Å². The number of ether oxygens (including phenoxy) is 6. The average molecular weight is 595 g/mol. The van der Waals surface area contributed by atoms with Crippen LogP contribution < -0.4 is 0 Å². The highest BCUT2D eigenvalue weighted by Crippen LogP contribution is 2.31. The number of benzene rings is 1. The van der Waals surface area contributed by atoms with E-state index in [1.54, 1.807) is 30.3 Å². The Morgan fingerprint density at radius 1 is 0.537 bits per heavy atom. The maximum Gasteiger partial charge on any atom is 0.187 e. The summed E-state index contributed by atoms with van der Waals surface area (Å²) in [6.45, 7) is -2.01. The van der Waals surface area contributed by atoms with Gasteiger partial charge in [-0.3, -0.25) is 0 Å². The molecule has 10 N–H and O–H groups in total. The second-order valence-electron chi connectivity index (χ2n) is 10.1. The Morgan fingerprint density at radius 3 is 1.63 bits per heavy atom. The summed E-state index contributed by atoms with van der Waals surface area (Å²) < 4.78 is 33.3. The molecule has 4 rings (SSSR count). The molecule has 1 aromatic carbocycles. The van der Waals surface area contributed by atoms with Gasteiger partial charge in [-0.25, -0.2) is 0 Å². The van der Waals surface area contributed by atoms with Crippen LogP contribution in [0.25, 0.3) is 0 Å². The van der Waals surface area contributed by atoms with Crippen LogP contribution in [0, 0.1) is 0 Å². The molecule has 0 bridgehead atoms. The zero-order chi connectivity index (χ0) is 29.8. The maximum absolute atomic E-state index is 11.1. The first kappa shape index (κ1) is 32.5. The van der Waals surface area contributed by atoms with Crippen LogP contribution in [0.2, 0.25) is 0 Å². The topological polar surface area (TPSA) is 258 Å². The van der Waals surface area contributed by atoms with Gasteiger partial charge in [-0.15, -0.1) is 0 Å². The molecule has 3 fully saturated rings. The molecule has 3 saturated heterocycles. The van der Waals surface area contributed by atoms with Crippen molar-refractivity contribution in [1.82, 2.24) is 0 Å². The first-order valence-electron chi connectivity index (χ1n) is 13.1. The van der Waals surface area contributed by atoms with E-state index in [0.29, 0.717) is 0 Å². The first-order valence-corrected chi connectivity index (χ1v) is 13.1. The Hall–Kier alpha value is -1.42. The number of aliphatic hydroxyl groups excluding tert-OH is 10.